The first-order valence-electron chi connectivity index (χ1n) is 5.56. The summed E-state index contributed by atoms with van der Waals surface area (Å²) in [4.78, 5) is 21.6. The van der Waals surface area contributed by atoms with E-state index in [0.717, 1.165) is 0 Å². The fraction of sp³-hybridized carbons (Fsp3) is 0.818. The van der Waals surface area contributed by atoms with Crippen LogP contribution in [0.25, 0.3) is 0 Å². The van der Waals surface area contributed by atoms with Gasteiger partial charge < -0.3 is 11.1 Å². The molecule has 5 heteroatoms. The Kier molecular flexibility index (Phi) is 12.2. The highest BCUT2D eigenvalue weighted by atomic mass is 32.2. The number of carbonyl (C=O) groups is 2. The van der Waals surface area contributed by atoms with Crippen molar-refractivity contribution in [2.75, 3.05) is 11.5 Å². The zero-order chi connectivity index (χ0) is 13.1. The van der Waals surface area contributed by atoms with Crippen LogP contribution in [0.1, 0.15) is 34.6 Å². The van der Waals surface area contributed by atoms with Crippen LogP contribution in [-0.2, 0) is 9.59 Å². The summed E-state index contributed by atoms with van der Waals surface area (Å²) in [6.45, 7) is 9.43. The highest BCUT2D eigenvalue weighted by Gasteiger charge is 2.15. The molecule has 1 unspecified atom stereocenters. The molecule has 1 atom stereocenters. The number of primary amides is 1. The summed E-state index contributed by atoms with van der Waals surface area (Å²) < 4.78 is 0. The van der Waals surface area contributed by atoms with Gasteiger partial charge in [-0.3, -0.25) is 9.59 Å². The molecule has 0 aliphatic rings. The Hall–Kier alpha value is -0.550. The van der Waals surface area contributed by atoms with Crippen molar-refractivity contribution in [2.45, 2.75) is 46.7 Å². The largest absolute Gasteiger partial charge is 0.368 e. The Balaban J connectivity index is 0. The smallest absolute Gasteiger partial charge is 0.235 e. The van der Waals surface area contributed by atoms with E-state index in [9.17, 15) is 9.59 Å². The Bertz CT molecular complexity index is 208. The van der Waals surface area contributed by atoms with E-state index in [0.29, 0.717) is 11.5 Å². The molecule has 0 aliphatic carbocycles. The maximum atomic E-state index is 11.0. The number of nitrogens with one attached hydrogen (secondary N) is 1. The lowest BCUT2D eigenvalue weighted by atomic mass is 10.3. The molecule has 4 nitrogen and oxygen atoms in total. The lowest BCUT2D eigenvalue weighted by molar-refractivity contribution is -0.119. The van der Waals surface area contributed by atoms with Crippen LogP contribution in [-0.4, -0.2) is 35.3 Å². The first kappa shape index (κ1) is 17.8. The molecule has 0 radical (unpaired) electrons. The Labute approximate surface area is 103 Å². The number of carbonyl (C=O) groups excluding carboxylic acids is 2. The molecule has 0 aromatic heterocycles. The van der Waals surface area contributed by atoms with Crippen molar-refractivity contribution in [3.63, 3.8) is 0 Å². The lowest BCUT2D eigenvalue weighted by Crippen LogP contribution is -2.46. The van der Waals surface area contributed by atoms with Gasteiger partial charge in [-0.1, -0.05) is 27.7 Å². The molecule has 0 saturated heterocycles. The molecule has 0 fully saturated rings. The second-order valence-electron chi connectivity index (χ2n) is 3.49. The van der Waals surface area contributed by atoms with Gasteiger partial charge in [-0.05, 0) is 6.92 Å². The van der Waals surface area contributed by atoms with Crippen LogP contribution in [0.4, 0.5) is 0 Å². The molecule has 0 saturated carbocycles. The number of amides is 1. The molecule has 96 valence electrons. The monoisotopic (exact) mass is 248 g/mol. The fourth-order valence-electron chi connectivity index (χ4n) is 0.935. The number of ketones is 1. The predicted molar refractivity (Wildman–Crippen MR) is 70.6 cm³/mol. The van der Waals surface area contributed by atoms with E-state index in [1.54, 1.807) is 0 Å². The molecular weight excluding hydrogens is 224 g/mol. The number of hydrogen-bond donors (Lipinski definition) is 2. The molecule has 0 bridgehead atoms. The Morgan fingerprint density at radius 1 is 1.31 bits per heavy atom. The minimum atomic E-state index is -0.366. The van der Waals surface area contributed by atoms with Crippen molar-refractivity contribution in [1.82, 2.24) is 5.32 Å². The van der Waals surface area contributed by atoms with Gasteiger partial charge in [0, 0.05) is 11.8 Å². The van der Waals surface area contributed by atoms with Crippen molar-refractivity contribution in [2.24, 2.45) is 5.73 Å². The van der Waals surface area contributed by atoms with Crippen LogP contribution < -0.4 is 11.1 Å². The van der Waals surface area contributed by atoms with E-state index in [1.807, 2.05) is 27.7 Å². The highest BCUT2D eigenvalue weighted by molar-refractivity contribution is 8.00. The molecular formula is C11H24N2O2S. The second-order valence-corrected chi connectivity index (χ2v) is 4.52. The number of rotatable bonds is 7. The van der Waals surface area contributed by atoms with Crippen molar-refractivity contribution in [3.05, 3.63) is 0 Å². The fourth-order valence-corrected chi connectivity index (χ4v) is 1.84. The summed E-state index contributed by atoms with van der Waals surface area (Å²) in [5, 5.41) is 3.05. The summed E-state index contributed by atoms with van der Waals surface area (Å²) in [6.07, 6.45) is 0. The number of hydrogen-bond acceptors (Lipinski definition) is 4. The van der Waals surface area contributed by atoms with Crippen LogP contribution >= 0.6 is 11.8 Å². The van der Waals surface area contributed by atoms with Gasteiger partial charge in [0.2, 0.25) is 5.91 Å². The van der Waals surface area contributed by atoms with Crippen molar-refractivity contribution in [3.8, 4) is 0 Å². The van der Waals surface area contributed by atoms with Gasteiger partial charge in [-0.25, -0.2) is 0 Å². The topological polar surface area (TPSA) is 72.2 Å². The molecule has 0 rings (SSSR count). The van der Waals surface area contributed by atoms with E-state index >= 15 is 0 Å². The van der Waals surface area contributed by atoms with Crippen LogP contribution in [0.15, 0.2) is 0 Å². The average Bonchev–Trinajstić information content (AvgIpc) is 2.18. The van der Waals surface area contributed by atoms with E-state index in [4.69, 9.17) is 5.73 Å². The third-order valence-electron chi connectivity index (χ3n) is 1.47. The first-order chi connectivity index (χ1) is 7.43. The summed E-state index contributed by atoms with van der Waals surface area (Å²) in [6, 6.07) is -0.134. The lowest BCUT2D eigenvalue weighted by Gasteiger charge is -2.17. The quantitative estimate of drug-likeness (QED) is 0.710. The van der Waals surface area contributed by atoms with Gasteiger partial charge in [-0.2, -0.15) is 11.8 Å². The molecule has 0 heterocycles. The van der Waals surface area contributed by atoms with E-state index in [-0.39, 0.29) is 23.8 Å². The average molecular weight is 248 g/mol. The van der Waals surface area contributed by atoms with Crippen molar-refractivity contribution >= 4 is 23.5 Å². The summed E-state index contributed by atoms with van der Waals surface area (Å²) in [7, 11) is 0. The van der Waals surface area contributed by atoms with Crippen LogP contribution in [0.3, 0.4) is 0 Å². The van der Waals surface area contributed by atoms with Gasteiger partial charge in [0.25, 0.3) is 0 Å². The van der Waals surface area contributed by atoms with Gasteiger partial charge >= 0.3 is 0 Å². The van der Waals surface area contributed by atoms with Crippen LogP contribution in [0.5, 0.6) is 0 Å². The van der Waals surface area contributed by atoms with Crippen LogP contribution in [0.2, 0.25) is 0 Å². The number of Topliss-reactive ketones (excluding diaryl/α,β-unsaturated/α-hetero) is 1. The molecule has 0 aromatic carbocycles. The Morgan fingerprint density at radius 2 is 1.81 bits per heavy atom. The third-order valence-corrected chi connectivity index (χ3v) is 2.65. The first-order valence-corrected chi connectivity index (χ1v) is 6.71. The Morgan fingerprint density at radius 3 is 2.12 bits per heavy atom. The van der Waals surface area contributed by atoms with Crippen molar-refractivity contribution in [1.29, 1.82) is 0 Å². The highest BCUT2D eigenvalue weighted by Crippen LogP contribution is 2.03. The third kappa shape index (κ3) is 11.5. The zero-order valence-corrected chi connectivity index (χ0v) is 11.7. The second kappa shape index (κ2) is 11.0. The van der Waals surface area contributed by atoms with Crippen molar-refractivity contribution < 1.29 is 9.59 Å². The molecule has 3 N–H and O–H groups in total. The molecule has 0 spiro atoms. The zero-order valence-electron chi connectivity index (χ0n) is 10.9. The summed E-state index contributed by atoms with van der Waals surface area (Å²) >= 11 is 1.43. The minimum absolute atomic E-state index is 0.114. The molecule has 1 amide bonds. The molecule has 16 heavy (non-hydrogen) atoms. The standard InChI is InChI=1S/C9H18N2O2S.C2H6/c1-6(2)11-8(9(10)13)5-14-4-7(3)12;1-2/h6,8,11H,4-5H2,1-3H3,(H2,10,13);1-2H3. The van der Waals surface area contributed by atoms with Gasteiger partial charge in [-0.15, -0.1) is 0 Å². The molecule has 0 aliphatic heterocycles. The number of nitrogens with two attached hydrogens (primary N) is 1. The van der Waals surface area contributed by atoms with Gasteiger partial charge in [0.1, 0.15) is 5.78 Å². The van der Waals surface area contributed by atoms with E-state index < -0.39 is 0 Å². The maximum absolute atomic E-state index is 11.0. The minimum Gasteiger partial charge on any atom is -0.368 e. The molecule has 0 aromatic rings. The maximum Gasteiger partial charge on any atom is 0.235 e. The number of thioether (sulfide) groups is 1. The van der Waals surface area contributed by atoms with E-state index in [2.05, 4.69) is 5.32 Å². The predicted octanol–water partition coefficient (Wildman–Crippen LogP) is 1.19. The van der Waals surface area contributed by atoms with Gasteiger partial charge in [0.15, 0.2) is 0 Å². The summed E-state index contributed by atoms with van der Waals surface area (Å²) in [5.41, 5.74) is 5.20. The van der Waals surface area contributed by atoms with Gasteiger partial charge in [0.05, 0.1) is 11.8 Å². The van der Waals surface area contributed by atoms with Crippen LogP contribution in [0, 0.1) is 0 Å². The SMILES string of the molecule is CC.CC(=O)CSCC(NC(C)C)C(N)=O. The van der Waals surface area contributed by atoms with E-state index in [1.165, 1.54) is 18.7 Å². The normalized spacial score (nSPS) is 11.6. The summed E-state index contributed by atoms with van der Waals surface area (Å²) in [5.74, 6) is 0.730.